The summed E-state index contributed by atoms with van der Waals surface area (Å²) in [6, 6.07) is 9.04. The minimum absolute atomic E-state index is 0.0349. The van der Waals surface area contributed by atoms with Gasteiger partial charge in [-0.1, -0.05) is 31.0 Å². The first kappa shape index (κ1) is 17.0. The molecule has 2 fully saturated rings. The normalized spacial score (nSPS) is 26.0. The summed E-state index contributed by atoms with van der Waals surface area (Å²) in [6.45, 7) is 0.511. The smallest absolute Gasteiger partial charge is 0.254 e. The number of carbonyl (C=O) groups excluding carboxylic acids is 2. The van der Waals surface area contributed by atoms with Crippen LogP contribution >= 0.6 is 0 Å². The van der Waals surface area contributed by atoms with Crippen molar-refractivity contribution in [2.24, 2.45) is 5.92 Å². The Morgan fingerprint density at radius 1 is 1.17 bits per heavy atom. The summed E-state index contributed by atoms with van der Waals surface area (Å²) in [6.07, 6.45) is 5.70. The van der Waals surface area contributed by atoms with E-state index in [2.05, 4.69) is 5.32 Å². The molecule has 0 aromatic heterocycles. The second-order valence-corrected chi connectivity index (χ2v) is 6.81. The van der Waals surface area contributed by atoms with Crippen molar-refractivity contribution in [3.8, 4) is 0 Å². The number of hydrogen-bond donors (Lipinski definition) is 2. The number of nitrogens with one attached hydrogen (secondary N) is 1. The highest BCUT2D eigenvalue weighted by Gasteiger charge is 2.47. The molecular formula is C19H26N2O3. The van der Waals surface area contributed by atoms with Gasteiger partial charge in [-0.05, 0) is 43.7 Å². The third-order valence-electron chi connectivity index (χ3n) is 5.28. The summed E-state index contributed by atoms with van der Waals surface area (Å²) >= 11 is 0. The van der Waals surface area contributed by atoms with Gasteiger partial charge in [-0.2, -0.15) is 0 Å². The summed E-state index contributed by atoms with van der Waals surface area (Å²) < 4.78 is 0. The van der Waals surface area contributed by atoms with Crippen LogP contribution in [0.15, 0.2) is 30.3 Å². The summed E-state index contributed by atoms with van der Waals surface area (Å²) in [5, 5.41) is 11.8. The Hall–Kier alpha value is -1.88. The van der Waals surface area contributed by atoms with E-state index in [0.29, 0.717) is 24.4 Å². The molecule has 24 heavy (non-hydrogen) atoms. The molecule has 0 bridgehead atoms. The lowest BCUT2D eigenvalue weighted by molar-refractivity contribution is -0.125. The fourth-order valence-electron chi connectivity index (χ4n) is 4.12. The summed E-state index contributed by atoms with van der Waals surface area (Å²) in [5.41, 5.74) is 0.650. The van der Waals surface area contributed by atoms with Crippen molar-refractivity contribution in [3.63, 3.8) is 0 Å². The lowest BCUT2D eigenvalue weighted by Gasteiger charge is -2.33. The zero-order valence-corrected chi connectivity index (χ0v) is 14.0. The van der Waals surface area contributed by atoms with E-state index in [1.54, 1.807) is 0 Å². The second-order valence-electron chi connectivity index (χ2n) is 6.81. The van der Waals surface area contributed by atoms with Gasteiger partial charge in [0.25, 0.3) is 5.91 Å². The van der Waals surface area contributed by atoms with Crippen molar-refractivity contribution in [3.05, 3.63) is 35.9 Å². The van der Waals surface area contributed by atoms with Crippen molar-refractivity contribution in [2.45, 2.75) is 50.6 Å². The first-order chi connectivity index (χ1) is 11.7. The standard InChI is InChI=1S/C19H26N2O3/c22-12-6-11-20-18(23)17-13-15-9-4-5-10-16(15)21(17)19(24)14-7-2-1-3-8-14/h1-3,7-8,15-17,22H,4-6,9-13H2,(H,20,23). The van der Waals surface area contributed by atoms with Crippen LogP contribution in [-0.2, 0) is 4.79 Å². The number of aliphatic hydroxyl groups is 1. The fourth-order valence-corrected chi connectivity index (χ4v) is 4.12. The number of amides is 2. The SMILES string of the molecule is O=C(NCCCO)C1CC2CCCCC2N1C(=O)c1ccccc1. The molecule has 1 aliphatic carbocycles. The molecule has 1 aliphatic heterocycles. The quantitative estimate of drug-likeness (QED) is 0.811. The molecule has 2 aliphatic rings. The maximum atomic E-state index is 13.1. The van der Waals surface area contributed by atoms with E-state index in [-0.39, 0.29) is 30.5 Å². The Balaban J connectivity index is 1.80. The van der Waals surface area contributed by atoms with Crippen molar-refractivity contribution in [2.75, 3.05) is 13.2 Å². The van der Waals surface area contributed by atoms with Crippen molar-refractivity contribution in [1.82, 2.24) is 10.2 Å². The fraction of sp³-hybridized carbons (Fsp3) is 0.579. The van der Waals surface area contributed by atoms with E-state index in [4.69, 9.17) is 5.11 Å². The number of fused-ring (bicyclic) bond motifs is 1. The van der Waals surface area contributed by atoms with Crippen LogP contribution in [0.25, 0.3) is 0 Å². The molecule has 5 nitrogen and oxygen atoms in total. The molecule has 1 aromatic rings. The topological polar surface area (TPSA) is 69.6 Å². The molecule has 130 valence electrons. The van der Waals surface area contributed by atoms with Crippen LogP contribution in [0.4, 0.5) is 0 Å². The average Bonchev–Trinajstić information content (AvgIpc) is 3.01. The van der Waals surface area contributed by atoms with Gasteiger partial charge in [0.05, 0.1) is 0 Å². The third kappa shape index (κ3) is 3.46. The van der Waals surface area contributed by atoms with Gasteiger partial charge >= 0.3 is 0 Å². The Labute approximate surface area is 143 Å². The van der Waals surface area contributed by atoms with Crippen LogP contribution in [0, 0.1) is 5.92 Å². The lowest BCUT2D eigenvalue weighted by atomic mass is 9.84. The van der Waals surface area contributed by atoms with Crippen molar-refractivity contribution in [1.29, 1.82) is 0 Å². The highest BCUT2D eigenvalue weighted by Crippen LogP contribution is 2.40. The molecule has 0 spiro atoms. The number of hydrogen-bond acceptors (Lipinski definition) is 3. The molecule has 1 heterocycles. The van der Waals surface area contributed by atoms with Crippen molar-refractivity contribution >= 4 is 11.8 Å². The Morgan fingerprint density at radius 2 is 1.92 bits per heavy atom. The summed E-state index contributed by atoms with van der Waals surface area (Å²) in [7, 11) is 0. The van der Waals surface area contributed by atoms with E-state index in [1.165, 1.54) is 6.42 Å². The Kier molecular flexibility index (Phi) is 5.51. The Bertz CT molecular complexity index is 575. The van der Waals surface area contributed by atoms with E-state index in [9.17, 15) is 9.59 Å². The van der Waals surface area contributed by atoms with Gasteiger partial charge in [0.2, 0.25) is 5.91 Å². The van der Waals surface area contributed by atoms with Gasteiger partial charge in [-0.3, -0.25) is 9.59 Å². The van der Waals surface area contributed by atoms with E-state index in [1.807, 2.05) is 35.2 Å². The van der Waals surface area contributed by atoms with Crippen LogP contribution in [0.2, 0.25) is 0 Å². The van der Waals surface area contributed by atoms with E-state index < -0.39 is 0 Å². The predicted octanol–water partition coefficient (Wildman–Crippen LogP) is 1.96. The number of carbonyl (C=O) groups is 2. The maximum absolute atomic E-state index is 13.1. The van der Waals surface area contributed by atoms with Crippen LogP contribution < -0.4 is 5.32 Å². The highest BCUT2D eigenvalue weighted by molar-refractivity contribution is 5.98. The van der Waals surface area contributed by atoms with Gasteiger partial charge in [0.15, 0.2) is 0 Å². The van der Waals surface area contributed by atoms with E-state index >= 15 is 0 Å². The van der Waals surface area contributed by atoms with Crippen molar-refractivity contribution < 1.29 is 14.7 Å². The van der Waals surface area contributed by atoms with Gasteiger partial charge in [-0.15, -0.1) is 0 Å². The molecule has 1 aromatic carbocycles. The molecule has 5 heteroatoms. The van der Waals surface area contributed by atoms with Gasteiger partial charge < -0.3 is 15.3 Å². The molecule has 1 saturated carbocycles. The van der Waals surface area contributed by atoms with Gasteiger partial charge in [0.1, 0.15) is 6.04 Å². The number of rotatable bonds is 5. The first-order valence-electron chi connectivity index (χ1n) is 8.98. The predicted molar refractivity (Wildman–Crippen MR) is 91.5 cm³/mol. The highest BCUT2D eigenvalue weighted by atomic mass is 16.3. The van der Waals surface area contributed by atoms with Crippen LogP contribution in [0.1, 0.15) is 48.9 Å². The number of likely N-dealkylation sites (tertiary alicyclic amines) is 1. The molecule has 2 amide bonds. The Morgan fingerprint density at radius 3 is 2.67 bits per heavy atom. The average molecular weight is 330 g/mol. The molecule has 0 radical (unpaired) electrons. The minimum Gasteiger partial charge on any atom is -0.396 e. The second kappa shape index (κ2) is 7.79. The van der Waals surface area contributed by atoms with Gasteiger partial charge in [-0.25, -0.2) is 0 Å². The number of nitrogens with zero attached hydrogens (tertiary/aromatic N) is 1. The zero-order valence-electron chi connectivity index (χ0n) is 14.0. The van der Waals surface area contributed by atoms with Crippen LogP contribution in [0.3, 0.4) is 0 Å². The summed E-state index contributed by atoms with van der Waals surface area (Å²) in [5.74, 6) is 0.314. The third-order valence-corrected chi connectivity index (χ3v) is 5.28. The molecule has 3 rings (SSSR count). The molecule has 1 saturated heterocycles. The van der Waals surface area contributed by atoms with E-state index in [0.717, 1.165) is 25.7 Å². The zero-order chi connectivity index (χ0) is 16.9. The maximum Gasteiger partial charge on any atom is 0.254 e. The molecule has 3 atom stereocenters. The largest absolute Gasteiger partial charge is 0.396 e. The summed E-state index contributed by atoms with van der Waals surface area (Å²) in [4.78, 5) is 27.5. The van der Waals surface area contributed by atoms with Crippen LogP contribution in [-0.4, -0.2) is 47.1 Å². The van der Waals surface area contributed by atoms with Gasteiger partial charge in [0, 0.05) is 24.8 Å². The molecular weight excluding hydrogens is 304 g/mol. The minimum atomic E-state index is -0.385. The molecule has 2 N–H and O–H groups in total. The van der Waals surface area contributed by atoms with Crippen LogP contribution in [0.5, 0.6) is 0 Å². The number of benzene rings is 1. The number of aliphatic hydroxyl groups excluding tert-OH is 1. The molecule has 3 unspecified atom stereocenters. The first-order valence-corrected chi connectivity index (χ1v) is 8.98. The monoisotopic (exact) mass is 330 g/mol. The lowest BCUT2D eigenvalue weighted by Crippen LogP contribution is -2.49.